The van der Waals surface area contributed by atoms with Gasteiger partial charge in [-0.3, -0.25) is 4.72 Å². The summed E-state index contributed by atoms with van der Waals surface area (Å²) in [4.78, 5) is 17.5. The van der Waals surface area contributed by atoms with Crippen molar-refractivity contribution in [2.45, 2.75) is 11.8 Å². The van der Waals surface area contributed by atoms with E-state index in [9.17, 15) is 13.2 Å². The van der Waals surface area contributed by atoms with E-state index in [0.717, 1.165) is 28.5 Å². The third-order valence-electron chi connectivity index (χ3n) is 3.23. The zero-order chi connectivity index (χ0) is 17.3. The van der Waals surface area contributed by atoms with Crippen LogP contribution in [0, 0.1) is 6.92 Å². The normalized spacial score (nSPS) is 11.4. The first-order chi connectivity index (χ1) is 11.3. The molecule has 0 unspecified atom stereocenters. The fourth-order valence-corrected chi connectivity index (χ4v) is 3.77. The molecule has 0 aliphatic heterocycles. The van der Waals surface area contributed by atoms with Crippen molar-refractivity contribution in [3.8, 4) is 11.3 Å². The smallest absolute Gasteiger partial charge is 0.352 e. The zero-order valence-corrected chi connectivity index (χ0v) is 14.1. The predicted molar refractivity (Wildman–Crippen MR) is 90.8 cm³/mol. The Balaban J connectivity index is 1.88. The van der Waals surface area contributed by atoms with Crippen LogP contribution in [0.1, 0.15) is 15.5 Å². The van der Waals surface area contributed by atoms with Crippen molar-refractivity contribution in [2.75, 3.05) is 4.72 Å². The van der Waals surface area contributed by atoms with Gasteiger partial charge in [-0.05, 0) is 25.1 Å². The molecule has 0 spiro atoms. The van der Waals surface area contributed by atoms with Crippen LogP contribution in [0.3, 0.4) is 0 Å². The van der Waals surface area contributed by atoms with Crippen molar-refractivity contribution in [1.82, 2.24) is 9.97 Å². The molecule has 2 heterocycles. The Morgan fingerprint density at radius 1 is 1.33 bits per heavy atom. The van der Waals surface area contributed by atoms with Crippen molar-refractivity contribution in [2.24, 2.45) is 0 Å². The number of carboxylic acid groups (broad SMARTS) is 1. The summed E-state index contributed by atoms with van der Waals surface area (Å²) < 4.78 is 27.1. The van der Waals surface area contributed by atoms with E-state index in [4.69, 9.17) is 5.11 Å². The van der Waals surface area contributed by atoms with Crippen LogP contribution in [-0.4, -0.2) is 29.5 Å². The van der Waals surface area contributed by atoms with Gasteiger partial charge in [-0.25, -0.2) is 18.2 Å². The molecule has 3 aromatic rings. The van der Waals surface area contributed by atoms with Crippen molar-refractivity contribution in [3.05, 3.63) is 52.6 Å². The van der Waals surface area contributed by atoms with Gasteiger partial charge in [-0.2, -0.15) is 0 Å². The first-order valence-corrected chi connectivity index (χ1v) is 9.18. The molecule has 0 aliphatic rings. The number of nitrogens with one attached hydrogen (secondary N) is 2. The van der Waals surface area contributed by atoms with E-state index >= 15 is 0 Å². The van der Waals surface area contributed by atoms with E-state index < -0.39 is 16.0 Å². The monoisotopic (exact) mass is 363 g/mol. The molecule has 0 fully saturated rings. The SMILES string of the molecule is Cc1nc(-c2cccc(NS(=O)(=O)c3c[nH]c(C(=O)O)c3)c2)cs1. The molecule has 0 saturated carbocycles. The molecular formula is C15H13N3O4S2. The van der Waals surface area contributed by atoms with E-state index in [0.29, 0.717) is 5.69 Å². The number of hydrogen-bond donors (Lipinski definition) is 3. The number of H-pyrrole nitrogens is 1. The maximum Gasteiger partial charge on any atom is 0.352 e. The molecule has 0 aliphatic carbocycles. The van der Waals surface area contributed by atoms with Crippen LogP contribution in [0.25, 0.3) is 11.3 Å². The second-order valence-corrected chi connectivity index (χ2v) is 7.74. The number of aromatic nitrogens is 2. The summed E-state index contributed by atoms with van der Waals surface area (Å²) in [5.41, 5.74) is 1.74. The van der Waals surface area contributed by atoms with Gasteiger partial charge in [0, 0.05) is 22.8 Å². The second kappa shape index (κ2) is 6.10. The summed E-state index contributed by atoms with van der Waals surface area (Å²) in [5, 5.41) is 11.7. The van der Waals surface area contributed by atoms with E-state index in [1.807, 2.05) is 18.4 Å². The second-order valence-electron chi connectivity index (χ2n) is 4.99. The Hall–Kier alpha value is -2.65. The minimum atomic E-state index is -3.88. The topological polar surface area (TPSA) is 112 Å². The molecular weight excluding hydrogens is 350 g/mol. The number of aromatic carboxylic acids is 1. The van der Waals surface area contributed by atoms with Crippen LogP contribution in [-0.2, 0) is 10.0 Å². The molecule has 24 heavy (non-hydrogen) atoms. The summed E-state index contributed by atoms with van der Waals surface area (Å²) in [6, 6.07) is 7.92. The van der Waals surface area contributed by atoms with E-state index in [1.54, 1.807) is 18.2 Å². The third kappa shape index (κ3) is 3.31. The van der Waals surface area contributed by atoms with Crippen LogP contribution in [0.4, 0.5) is 5.69 Å². The van der Waals surface area contributed by atoms with Gasteiger partial charge in [0.1, 0.15) is 10.6 Å². The molecule has 3 N–H and O–H groups in total. The Morgan fingerprint density at radius 2 is 2.12 bits per heavy atom. The highest BCUT2D eigenvalue weighted by atomic mass is 32.2. The Labute approximate surface area is 142 Å². The van der Waals surface area contributed by atoms with Crippen molar-refractivity contribution in [1.29, 1.82) is 0 Å². The summed E-state index contributed by atoms with van der Waals surface area (Å²) in [5.74, 6) is -1.22. The van der Waals surface area contributed by atoms with Gasteiger partial charge >= 0.3 is 5.97 Å². The molecule has 7 nitrogen and oxygen atoms in total. The lowest BCUT2D eigenvalue weighted by atomic mass is 10.1. The van der Waals surface area contributed by atoms with Crippen LogP contribution in [0.5, 0.6) is 0 Å². The Morgan fingerprint density at radius 3 is 2.75 bits per heavy atom. The van der Waals surface area contributed by atoms with Crippen molar-refractivity contribution < 1.29 is 18.3 Å². The molecule has 0 bridgehead atoms. The van der Waals surface area contributed by atoms with Gasteiger partial charge in [0.15, 0.2) is 0 Å². The number of aromatic amines is 1. The lowest BCUT2D eigenvalue weighted by Gasteiger charge is -2.07. The van der Waals surface area contributed by atoms with Gasteiger partial charge < -0.3 is 10.1 Å². The van der Waals surface area contributed by atoms with Crippen molar-refractivity contribution in [3.63, 3.8) is 0 Å². The lowest BCUT2D eigenvalue weighted by Crippen LogP contribution is -2.12. The molecule has 0 amide bonds. The average Bonchev–Trinajstić information content (AvgIpc) is 3.16. The number of thiazole rings is 1. The fourth-order valence-electron chi connectivity index (χ4n) is 2.11. The summed E-state index contributed by atoms with van der Waals surface area (Å²) in [6.45, 7) is 1.90. The molecule has 1 aromatic carbocycles. The minimum Gasteiger partial charge on any atom is -0.477 e. The average molecular weight is 363 g/mol. The number of aryl methyl sites for hydroxylation is 1. The first-order valence-electron chi connectivity index (χ1n) is 6.82. The van der Waals surface area contributed by atoms with E-state index in [2.05, 4.69) is 14.7 Å². The molecule has 9 heteroatoms. The van der Waals surface area contributed by atoms with E-state index in [1.165, 1.54) is 11.3 Å². The maximum atomic E-state index is 12.4. The maximum absolute atomic E-state index is 12.4. The van der Waals surface area contributed by atoms with Crippen LogP contribution in [0.15, 0.2) is 46.8 Å². The van der Waals surface area contributed by atoms with Gasteiger partial charge in [-0.15, -0.1) is 11.3 Å². The molecule has 3 rings (SSSR count). The Bertz CT molecular complexity index is 1010. The largest absolute Gasteiger partial charge is 0.477 e. The fraction of sp³-hybridized carbons (Fsp3) is 0.0667. The number of anilines is 1. The van der Waals surface area contributed by atoms with E-state index in [-0.39, 0.29) is 10.6 Å². The summed E-state index contributed by atoms with van der Waals surface area (Å²) in [7, 11) is -3.88. The highest BCUT2D eigenvalue weighted by Crippen LogP contribution is 2.25. The molecule has 2 aromatic heterocycles. The summed E-state index contributed by atoms with van der Waals surface area (Å²) >= 11 is 1.51. The minimum absolute atomic E-state index is 0.144. The molecule has 0 radical (unpaired) electrons. The number of hydrogen-bond acceptors (Lipinski definition) is 5. The molecule has 0 atom stereocenters. The number of carbonyl (C=O) groups is 1. The van der Waals surface area contributed by atoms with Crippen LogP contribution < -0.4 is 4.72 Å². The third-order valence-corrected chi connectivity index (χ3v) is 5.36. The number of sulfonamides is 1. The number of rotatable bonds is 5. The molecule has 124 valence electrons. The van der Waals surface area contributed by atoms with Crippen molar-refractivity contribution >= 4 is 33.0 Å². The van der Waals surface area contributed by atoms with Gasteiger partial charge in [0.05, 0.1) is 10.7 Å². The van der Waals surface area contributed by atoms with Gasteiger partial charge in [-0.1, -0.05) is 12.1 Å². The zero-order valence-electron chi connectivity index (χ0n) is 12.5. The Kier molecular flexibility index (Phi) is 4.12. The molecule has 0 saturated heterocycles. The van der Waals surface area contributed by atoms with Gasteiger partial charge in [0.25, 0.3) is 10.0 Å². The quantitative estimate of drug-likeness (QED) is 0.645. The standard InChI is InChI=1S/C15H13N3O4S2/c1-9-17-14(8-23-9)10-3-2-4-11(5-10)18-24(21,22)12-6-13(15(19)20)16-7-12/h2-8,16,18H,1H3,(H,19,20). The van der Waals surface area contributed by atoms with Crippen LogP contribution >= 0.6 is 11.3 Å². The van der Waals surface area contributed by atoms with Crippen LogP contribution in [0.2, 0.25) is 0 Å². The first kappa shape index (κ1) is 16.2. The summed E-state index contributed by atoms with van der Waals surface area (Å²) in [6.07, 6.45) is 1.14. The highest BCUT2D eigenvalue weighted by molar-refractivity contribution is 7.92. The number of nitrogens with zero attached hydrogens (tertiary/aromatic N) is 1. The predicted octanol–water partition coefficient (Wildman–Crippen LogP) is 2.95. The number of benzene rings is 1. The number of carboxylic acids is 1. The lowest BCUT2D eigenvalue weighted by molar-refractivity contribution is 0.0691. The van der Waals surface area contributed by atoms with Gasteiger partial charge in [0.2, 0.25) is 0 Å². The highest BCUT2D eigenvalue weighted by Gasteiger charge is 2.18.